The van der Waals surface area contributed by atoms with Gasteiger partial charge in [0.2, 0.25) is 5.88 Å². The molecule has 7 rings (SSSR count). The molecule has 252 valence electrons. The van der Waals surface area contributed by atoms with E-state index in [4.69, 9.17) is 25.6 Å². The molecule has 2 aromatic carbocycles. The van der Waals surface area contributed by atoms with E-state index >= 15 is 4.39 Å². The Bertz CT molecular complexity index is 1950. The Kier molecular flexibility index (Phi) is 8.26. The molecule has 0 spiro atoms. The summed E-state index contributed by atoms with van der Waals surface area (Å²) >= 11 is 0. The van der Waals surface area contributed by atoms with Gasteiger partial charge in [-0.05, 0) is 69.8 Å². The van der Waals surface area contributed by atoms with Crippen molar-refractivity contribution in [1.82, 2.24) is 19.9 Å². The average molecular weight is 660 g/mol. The molecule has 0 amide bonds. The topological polar surface area (TPSA) is 113 Å². The van der Waals surface area contributed by atoms with Crippen LogP contribution in [0, 0.1) is 29.4 Å². The number of terminal acetylenes is 1. The average Bonchev–Trinajstić information content (AvgIpc) is 3.42. The van der Waals surface area contributed by atoms with Crippen molar-refractivity contribution < 1.29 is 33.2 Å². The van der Waals surface area contributed by atoms with Crippen LogP contribution < -0.4 is 14.4 Å². The molecule has 2 aromatic heterocycles. The highest BCUT2D eigenvalue weighted by atomic mass is 19.1. The number of aromatic hydroxyl groups is 1. The largest absolute Gasteiger partial charge is 0.508 e. The summed E-state index contributed by atoms with van der Waals surface area (Å²) in [5, 5.41) is 22.5. The number of phenols is 1. The van der Waals surface area contributed by atoms with Gasteiger partial charge in [-0.15, -0.1) is 6.42 Å². The Morgan fingerprint density at radius 3 is 2.73 bits per heavy atom. The van der Waals surface area contributed by atoms with E-state index in [9.17, 15) is 14.6 Å². The SMILES string of the molecule is C#Cc1c(F)ccc2cc(O)cc(-c3nc(OC)c4c(N5CCOCC(C)(O)C5)nc(OCC56CCCC5N(C)CCC6)nc4c3F)c12. The number of pyridine rings is 1. The van der Waals surface area contributed by atoms with Gasteiger partial charge in [0.15, 0.2) is 5.82 Å². The van der Waals surface area contributed by atoms with E-state index < -0.39 is 17.2 Å². The van der Waals surface area contributed by atoms with E-state index in [2.05, 4.69) is 27.8 Å². The van der Waals surface area contributed by atoms with Gasteiger partial charge in [0.25, 0.3) is 0 Å². The number of benzene rings is 2. The van der Waals surface area contributed by atoms with Crippen LogP contribution in [0.5, 0.6) is 17.6 Å². The number of likely N-dealkylation sites (tertiary alicyclic amines) is 1. The molecule has 0 bridgehead atoms. The number of nitrogens with zero attached hydrogens (tertiary/aromatic N) is 5. The van der Waals surface area contributed by atoms with Crippen LogP contribution in [0.2, 0.25) is 0 Å². The van der Waals surface area contributed by atoms with Crippen LogP contribution in [0.1, 0.15) is 44.6 Å². The van der Waals surface area contributed by atoms with Crippen molar-refractivity contribution >= 4 is 27.5 Å². The minimum atomic E-state index is -1.23. The molecule has 3 atom stereocenters. The lowest BCUT2D eigenvalue weighted by Crippen LogP contribution is -2.50. The standard InChI is InChI=1S/C36H39F2N5O5/c1-5-23-25(37)10-9-21-16-22(44)17-24(27(21)23)30-29(38)31-28(33(39-30)46-4)32(43-14-15-47-19-35(2,45)18-43)41-34(40-31)48-20-36-11-6-8-26(36)42(3)13-7-12-36/h1,9-10,16-17,26,44-45H,6-8,11-15,18-20H2,2-4H3. The van der Waals surface area contributed by atoms with E-state index in [1.165, 1.54) is 31.4 Å². The van der Waals surface area contributed by atoms with Gasteiger partial charge in [-0.1, -0.05) is 18.4 Å². The first-order valence-corrected chi connectivity index (χ1v) is 16.3. The van der Waals surface area contributed by atoms with Gasteiger partial charge in [-0.3, -0.25) is 0 Å². The van der Waals surface area contributed by atoms with Crippen molar-refractivity contribution in [2.75, 3.05) is 58.5 Å². The van der Waals surface area contributed by atoms with Gasteiger partial charge in [-0.2, -0.15) is 9.97 Å². The molecular formula is C36H39F2N5O5. The Morgan fingerprint density at radius 1 is 1.12 bits per heavy atom. The Balaban J connectivity index is 1.44. The van der Waals surface area contributed by atoms with Gasteiger partial charge in [0.1, 0.15) is 39.6 Å². The maximum absolute atomic E-state index is 17.1. The van der Waals surface area contributed by atoms with Crippen LogP contribution in [-0.4, -0.2) is 95.3 Å². The van der Waals surface area contributed by atoms with Crippen LogP contribution in [0.15, 0.2) is 24.3 Å². The number of piperidine rings is 1. The van der Waals surface area contributed by atoms with Crippen molar-refractivity contribution in [3.8, 4) is 41.2 Å². The van der Waals surface area contributed by atoms with E-state index in [0.29, 0.717) is 31.2 Å². The van der Waals surface area contributed by atoms with Gasteiger partial charge in [-0.25, -0.2) is 13.8 Å². The molecular weight excluding hydrogens is 620 g/mol. The molecule has 2 N–H and O–H groups in total. The smallest absolute Gasteiger partial charge is 0.319 e. The molecule has 48 heavy (non-hydrogen) atoms. The lowest BCUT2D eigenvalue weighted by molar-refractivity contribution is -0.0123. The molecule has 0 radical (unpaired) electrons. The number of aromatic nitrogens is 3. The summed E-state index contributed by atoms with van der Waals surface area (Å²) in [6, 6.07) is 5.73. The number of hydrogen-bond acceptors (Lipinski definition) is 10. The third-order valence-corrected chi connectivity index (χ3v) is 10.2. The van der Waals surface area contributed by atoms with Gasteiger partial charge >= 0.3 is 6.01 Å². The zero-order chi connectivity index (χ0) is 33.8. The summed E-state index contributed by atoms with van der Waals surface area (Å²) in [4.78, 5) is 18.2. The molecule has 2 saturated heterocycles. The quantitative estimate of drug-likeness (QED) is 0.273. The third-order valence-electron chi connectivity index (χ3n) is 10.2. The van der Waals surface area contributed by atoms with E-state index in [-0.39, 0.29) is 75.1 Å². The first-order valence-electron chi connectivity index (χ1n) is 16.3. The maximum Gasteiger partial charge on any atom is 0.319 e. The number of fused-ring (bicyclic) bond motifs is 3. The molecule has 1 saturated carbocycles. The predicted molar refractivity (Wildman–Crippen MR) is 177 cm³/mol. The second-order valence-electron chi connectivity index (χ2n) is 13.6. The molecule has 2 aliphatic heterocycles. The molecule has 1 aliphatic carbocycles. The summed E-state index contributed by atoms with van der Waals surface area (Å²) in [7, 11) is 3.55. The van der Waals surface area contributed by atoms with Crippen molar-refractivity contribution in [1.29, 1.82) is 0 Å². The molecule has 3 unspecified atom stereocenters. The van der Waals surface area contributed by atoms with E-state index in [1.54, 1.807) is 11.8 Å². The fourth-order valence-electron chi connectivity index (χ4n) is 8.04. The normalized spacial score (nSPS) is 24.8. The predicted octanol–water partition coefficient (Wildman–Crippen LogP) is 5.05. The van der Waals surface area contributed by atoms with Crippen LogP contribution in [-0.2, 0) is 4.74 Å². The second kappa shape index (κ2) is 12.3. The minimum absolute atomic E-state index is 0.00809. The molecule has 3 aliphatic rings. The highest BCUT2D eigenvalue weighted by molar-refractivity contribution is 6.04. The third kappa shape index (κ3) is 5.53. The van der Waals surface area contributed by atoms with Crippen LogP contribution in [0.4, 0.5) is 14.6 Å². The van der Waals surface area contributed by atoms with Crippen molar-refractivity contribution in [3.05, 3.63) is 41.5 Å². The van der Waals surface area contributed by atoms with Crippen LogP contribution in [0.3, 0.4) is 0 Å². The molecule has 4 aromatic rings. The molecule has 12 heteroatoms. The molecule has 3 fully saturated rings. The number of rotatable bonds is 6. The number of aliphatic hydroxyl groups is 1. The number of β-amino-alcohol motifs (C(OH)–C–C–N with tert-alkyl or cyclic N) is 1. The summed E-state index contributed by atoms with van der Waals surface area (Å²) in [6.45, 7) is 3.94. The maximum atomic E-state index is 17.1. The van der Waals surface area contributed by atoms with Crippen molar-refractivity contribution in [3.63, 3.8) is 0 Å². The lowest BCUT2D eigenvalue weighted by atomic mass is 9.76. The summed E-state index contributed by atoms with van der Waals surface area (Å²) < 4.78 is 49.9. The monoisotopic (exact) mass is 659 g/mol. The Morgan fingerprint density at radius 2 is 1.94 bits per heavy atom. The number of phenolic OH excluding ortho intramolecular Hbond substituents is 1. The number of hydrogen-bond donors (Lipinski definition) is 2. The molecule has 10 nitrogen and oxygen atoms in total. The Hall–Kier alpha value is -4.31. The fraction of sp³-hybridized carbons (Fsp3) is 0.472. The fourth-order valence-corrected chi connectivity index (χ4v) is 8.04. The highest BCUT2D eigenvalue weighted by Crippen LogP contribution is 2.48. The van der Waals surface area contributed by atoms with Crippen molar-refractivity contribution in [2.24, 2.45) is 5.41 Å². The van der Waals surface area contributed by atoms with Gasteiger partial charge < -0.3 is 34.2 Å². The van der Waals surface area contributed by atoms with Crippen molar-refractivity contribution in [2.45, 2.75) is 50.7 Å². The minimum Gasteiger partial charge on any atom is -0.508 e. The Labute approximate surface area is 277 Å². The van der Waals surface area contributed by atoms with Crippen LogP contribution >= 0.6 is 0 Å². The first-order chi connectivity index (χ1) is 23.0. The summed E-state index contributed by atoms with van der Waals surface area (Å²) in [6.07, 6.45) is 11.0. The lowest BCUT2D eigenvalue weighted by Gasteiger charge is -2.44. The first kappa shape index (κ1) is 32.2. The number of anilines is 1. The zero-order valence-corrected chi connectivity index (χ0v) is 27.4. The number of methoxy groups -OCH3 is 1. The van der Waals surface area contributed by atoms with Gasteiger partial charge in [0, 0.05) is 29.0 Å². The van der Waals surface area contributed by atoms with Gasteiger partial charge in [0.05, 0.1) is 39.0 Å². The number of halogens is 2. The molecule has 4 heterocycles. The highest BCUT2D eigenvalue weighted by Gasteiger charge is 2.47. The van der Waals surface area contributed by atoms with E-state index in [0.717, 1.165) is 38.6 Å². The zero-order valence-electron chi connectivity index (χ0n) is 27.4. The summed E-state index contributed by atoms with van der Waals surface area (Å²) in [5.74, 6) is 0.921. The van der Waals surface area contributed by atoms with Crippen LogP contribution in [0.25, 0.3) is 32.9 Å². The number of ether oxygens (including phenoxy) is 3. The summed E-state index contributed by atoms with van der Waals surface area (Å²) in [5.41, 5.74) is -1.70. The second-order valence-corrected chi connectivity index (χ2v) is 13.6. The van der Waals surface area contributed by atoms with E-state index in [1.807, 2.05) is 0 Å².